The minimum absolute atomic E-state index is 0.185. The average Bonchev–Trinajstić information content (AvgIpc) is 2.88. The van der Waals surface area contributed by atoms with Crippen LogP contribution in [0, 0.1) is 6.92 Å². The number of likely N-dealkylation sites (N-methyl/N-ethyl adjacent to an activating group) is 1. The van der Waals surface area contributed by atoms with Crippen LogP contribution in [0.2, 0.25) is 5.02 Å². The maximum Gasteiger partial charge on any atom is 0.278 e. The van der Waals surface area contributed by atoms with Gasteiger partial charge >= 0.3 is 0 Å². The minimum Gasteiger partial charge on any atom is -0.350 e. The van der Waals surface area contributed by atoms with Crippen LogP contribution in [0.3, 0.4) is 0 Å². The van der Waals surface area contributed by atoms with Crippen molar-refractivity contribution < 1.29 is 14.4 Å². The van der Waals surface area contributed by atoms with Crippen LogP contribution < -0.4 is 10.6 Å². The second kappa shape index (κ2) is 7.86. The highest BCUT2D eigenvalue weighted by Crippen LogP contribution is 2.32. The van der Waals surface area contributed by atoms with Crippen molar-refractivity contribution in [3.63, 3.8) is 0 Å². The lowest BCUT2D eigenvalue weighted by molar-refractivity contribution is -0.136. The molecule has 0 aromatic heterocycles. The van der Waals surface area contributed by atoms with E-state index in [-0.39, 0.29) is 30.0 Å². The van der Waals surface area contributed by atoms with E-state index in [1.54, 1.807) is 43.3 Å². The van der Waals surface area contributed by atoms with Crippen LogP contribution in [0.1, 0.15) is 25.0 Å². The van der Waals surface area contributed by atoms with Crippen molar-refractivity contribution in [2.24, 2.45) is 0 Å². The number of halogens is 1. The summed E-state index contributed by atoms with van der Waals surface area (Å²) in [7, 11) is 0. The molecule has 2 N–H and O–H groups in total. The Labute approximate surface area is 168 Å². The van der Waals surface area contributed by atoms with Crippen LogP contribution in [0.25, 0.3) is 5.57 Å². The van der Waals surface area contributed by atoms with E-state index in [9.17, 15) is 14.4 Å². The molecule has 3 rings (SSSR count). The largest absolute Gasteiger partial charge is 0.350 e. The number of imide groups is 1. The molecule has 144 valence electrons. The molecule has 0 atom stereocenters. The summed E-state index contributed by atoms with van der Waals surface area (Å²) in [5.41, 5.74) is 3.26. The Kier molecular flexibility index (Phi) is 5.51. The summed E-state index contributed by atoms with van der Waals surface area (Å²) in [6, 6.07) is 12.1. The van der Waals surface area contributed by atoms with E-state index >= 15 is 0 Å². The molecule has 28 heavy (non-hydrogen) atoms. The predicted octanol–water partition coefficient (Wildman–Crippen LogP) is 3.82. The van der Waals surface area contributed by atoms with Crippen molar-refractivity contribution in [2.45, 2.75) is 20.8 Å². The van der Waals surface area contributed by atoms with Gasteiger partial charge in [0.05, 0.1) is 5.57 Å². The van der Waals surface area contributed by atoms with Crippen molar-refractivity contribution in [3.8, 4) is 0 Å². The summed E-state index contributed by atoms with van der Waals surface area (Å²) in [6.45, 7) is 5.33. The molecule has 1 aliphatic rings. The van der Waals surface area contributed by atoms with Crippen LogP contribution in [0.5, 0.6) is 0 Å². The van der Waals surface area contributed by atoms with E-state index in [4.69, 9.17) is 11.6 Å². The van der Waals surface area contributed by atoms with Gasteiger partial charge in [-0.15, -0.1) is 0 Å². The third-order valence-electron chi connectivity index (χ3n) is 4.44. The SMILES string of the molecule is CCN1C(=O)C(Nc2cc(Cl)ccc2C)=C(c2ccc(NC(C)=O)cc2)C1=O. The number of amides is 3. The van der Waals surface area contributed by atoms with E-state index in [2.05, 4.69) is 10.6 Å². The van der Waals surface area contributed by atoms with Crippen LogP contribution in [0.15, 0.2) is 48.2 Å². The summed E-state index contributed by atoms with van der Waals surface area (Å²) in [5, 5.41) is 6.31. The minimum atomic E-state index is -0.382. The average molecular weight is 398 g/mol. The molecule has 0 saturated carbocycles. The van der Waals surface area contributed by atoms with E-state index in [0.29, 0.717) is 27.5 Å². The van der Waals surface area contributed by atoms with Gasteiger partial charge in [0.25, 0.3) is 11.8 Å². The number of benzene rings is 2. The summed E-state index contributed by atoms with van der Waals surface area (Å²) in [6.07, 6.45) is 0. The Balaban J connectivity index is 2.06. The van der Waals surface area contributed by atoms with Gasteiger partial charge in [-0.2, -0.15) is 0 Å². The molecule has 7 heteroatoms. The topological polar surface area (TPSA) is 78.5 Å². The molecule has 0 radical (unpaired) electrons. The van der Waals surface area contributed by atoms with Gasteiger partial charge in [0.2, 0.25) is 5.91 Å². The summed E-state index contributed by atoms with van der Waals surface area (Å²) in [4.78, 5) is 38.1. The Morgan fingerprint density at radius 2 is 1.75 bits per heavy atom. The Bertz CT molecular complexity index is 996. The smallest absolute Gasteiger partial charge is 0.278 e. The lowest BCUT2D eigenvalue weighted by Gasteiger charge is -2.13. The second-order valence-electron chi connectivity index (χ2n) is 6.45. The molecule has 0 unspecified atom stereocenters. The third kappa shape index (κ3) is 3.77. The Morgan fingerprint density at radius 1 is 1.07 bits per heavy atom. The van der Waals surface area contributed by atoms with Gasteiger partial charge in [-0.1, -0.05) is 29.8 Å². The van der Waals surface area contributed by atoms with Crippen molar-refractivity contribution in [3.05, 3.63) is 64.3 Å². The summed E-state index contributed by atoms with van der Waals surface area (Å²) >= 11 is 6.08. The molecule has 0 bridgehead atoms. The first-order valence-corrected chi connectivity index (χ1v) is 9.21. The zero-order valence-electron chi connectivity index (χ0n) is 15.8. The molecule has 2 aromatic carbocycles. The maximum atomic E-state index is 12.9. The van der Waals surface area contributed by atoms with Gasteiger partial charge in [-0.25, -0.2) is 0 Å². The zero-order chi connectivity index (χ0) is 20.4. The van der Waals surface area contributed by atoms with E-state index < -0.39 is 0 Å². The van der Waals surface area contributed by atoms with E-state index in [0.717, 1.165) is 5.56 Å². The van der Waals surface area contributed by atoms with Gasteiger partial charge in [-0.05, 0) is 49.2 Å². The molecular weight excluding hydrogens is 378 g/mol. The summed E-state index contributed by atoms with van der Waals surface area (Å²) in [5.74, 6) is -0.926. The highest BCUT2D eigenvalue weighted by molar-refractivity contribution is 6.36. The maximum absolute atomic E-state index is 12.9. The van der Waals surface area contributed by atoms with Gasteiger partial charge in [-0.3, -0.25) is 19.3 Å². The van der Waals surface area contributed by atoms with Gasteiger partial charge in [0, 0.05) is 29.9 Å². The Hall–Kier alpha value is -3.12. The fourth-order valence-corrected chi connectivity index (χ4v) is 3.21. The lowest BCUT2D eigenvalue weighted by Crippen LogP contribution is -2.32. The number of carbonyl (C=O) groups excluding carboxylic acids is 3. The first-order valence-electron chi connectivity index (χ1n) is 8.83. The fraction of sp³-hybridized carbons (Fsp3) is 0.190. The molecule has 2 aromatic rings. The molecule has 0 saturated heterocycles. The lowest BCUT2D eigenvalue weighted by atomic mass is 10.0. The highest BCUT2D eigenvalue weighted by atomic mass is 35.5. The van der Waals surface area contributed by atoms with Gasteiger partial charge in [0.1, 0.15) is 5.70 Å². The quantitative estimate of drug-likeness (QED) is 0.752. The number of rotatable bonds is 5. The molecule has 3 amide bonds. The number of hydrogen-bond donors (Lipinski definition) is 2. The van der Waals surface area contributed by atoms with E-state index in [1.807, 2.05) is 13.0 Å². The fourth-order valence-electron chi connectivity index (χ4n) is 3.03. The van der Waals surface area contributed by atoms with Crippen molar-refractivity contribution in [2.75, 3.05) is 17.2 Å². The number of aryl methyl sites for hydroxylation is 1. The number of anilines is 2. The van der Waals surface area contributed by atoms with Crippen molar-refractivity contribution in [1.82, 2.24) is 4.90 Å². The van der Waals surface area contributed by atoms with Gasteiger partial charge in [0.15, 0.2) is 0 Å². The monoisotopic (exact) mass is 397 g/mol. The normalized spacial score (nSPS) is 13.9. The number of hydrogen-bond acceptors (Lipinski definition) is 4. The third-order valence-corrected chi connectivity index (χ3v) is 4.67. The molecule has 1 heterocycles. The molecule has 0 fully saturated rings. The molecule has 1 aliphatic heterocycles. The molecule has 6 nitrogen and oxygen atoms in total. The number of carbonyl (C=O) groups is 3. The predicted molar refractivity (Wildman–Crippen MR) is 110 cm³/mol. The van der Waals surface area contributed by atoms with Crippen molar-refractivity contribution in [1.29, 1.82) is 0 Å². The number of nitrogens with one attached hydrogen (secondary N) is 2. The Morgan fingerprint density at radius 3 is 2.36 bits per heavy atom. The van der Waals surface area contributed by atoms with Crippen LogP contribution in [-0.2, 0) is 14.4 Å². The zero-order valence-corrected chi connectivity index (χ0v) is 16.6. The second-order valence-corrected chi connectivity index (χ2v) is 6.88. The first kappa shape index (κ1) is 19.6. The van der Waals surface area contributed by atoms with Crippen LogP contribution in [-0.4, -0.2) is 29.2 Å². The standard InChI is InChI=1S/C21H20ClN3O3/c1-4-25-20(27)18(14-6-9-16(10-7-14)23-13(3)26)19(21(25)28)24-17-11-15(22)8-5-12(17)2/h5-11,24H,4H2,1-3H3,(H,23,26). The van der Waals surface area contributed by atoms with Crippen molar-refractivity contribution >= 4 is 46.3 Å². The van der Waals surface area contributed by atoms with E-state index in [1.165, 1.54) is 11.8 Å². The summed E-state index contributed by atoms with van der Waals surface area (Å²) < 4.78 is 0. The van der Waals surface area contributed by atoms with Crippen LogP contribution >= 0.6 is 11.6 Å². The van der Waals surface area contributed by atoms with Gasteiger partial charge < -0.3 is 10.6 Å². The molecule has 0 aliphatic carbocycles. The van der Waals surface area contributed by atoms with Crippen LogP contribution in [0.4, 0.5) is 11.4 Å². The molecular formula is C21H20ClN3O3. The first-order chi connectivity index (χ1) is 13.3. The number of nitrogens with zero attached hydrogens (tertiary/aromatic N) is 1. The highest BCUT2D eigenvalue weighted by Gasteiger charge is 2.38. The molecule has 0 spiro atoms.